The summed E-state index contributed by atoms with van der Waals surface area (Å²) in [4.78, 5) is 49.7. The Labute approximate surface area is 266 Å². The number of unbranched alkanes of at least 4 members (excludes halogenated alkanes) is 2. The number of hydrogen-bond donors (Lipinski definition) is 4. The molecule has 5 rings (SSSR count). The minimum absolute atomic E-state index is 0.139. The lowest BCUT2D eigenvalue weighted by molar-refractivity contribution is -0.122. The van der Waals surface area contributed by atoms with Crippen LogP contribution in [0.1, 0.15) is 43.2 Å². The van der Waals surface area contributed by atoms with Gasteiger partial charge in [0.1, 0.15) is 6.29 Å². The Hall–Kier alpha value is -1.98. The molecule has 43 heavy (non-hydrogen) atoms. The minimum Gasteiger partial charge on any atom is -0.365 e. The zero-order valence-corrected chi connectivity index (χ0v) is 27.1. The molecule has 0 radical (unpaired) electrons. The number of thioether (sulfide) groups is 1. The van der Waals surface area contributed by atoms with Crippen molar-refractivity contribution < 1.29 is 23.9 Å². The maximum Gasteiger partial charge on any atom is 0.344 e. The van der Waals surface area contributed by atoms with Gasteiger partial charge in [-0.05, 0) is 67.5 Å². The highest BCUT2D eigenvalue weighted by Crippen LogP contribution is 2.41. The molecule has 234 valence electrons. The van der Waals surface area contributed by atoms with Gasteiger partial charge in [-0.2, -0.15) is 0 Å². The molecule has 1 saturated carbocycles. The molecule has 14 heteroatoms. The maximum absolute atomic E-state index is 13.9. The number of amides is 3. The predicted molar refractivity (Wildman–Crippen MR) is 173 cm³/mol. The van der Waals surface area contributed by atoms with Gasteiger partial charge in [0.25, 0.3) is 0 Å². The molecular weight excluding hydrogens is 632 g/mol. The number of hydrogen-bond acceptors (Lipinski definition) is 6. The second-order valence-corrected chi connectivity index (χ2v) is 14.7. The Morgan fingerprint density at radius 2 is 1.70 bits per heavy atom. The van der Waals surface area contributed by atoms with E-state index in [1.807, 2.05) is 23.1 Å². The fourth-order valence-corrected chi connectivity index (χ4v) is 7.70. The van der Waals surface area contributed by atoms with Gasteiger partial charge in [0.2, 0.25) is 5.91 Å². The number of fused-ring (bicyclic) bond motifs is 1. The number of rotatable bonds is 12. The number of benzene rings is 2. The highest BCUT2D eigenvalue weighted by molar-refractivity contribution is 7.99. The summed E-state index contributed by atoms with van der Waals surface area (Å²) >= 11 is 15.2. The molecule has 0 bridgehead atoms. The van der Waals surface area contributed by atoms with Crippen molar-refractivity contribution in [2.75, 3.05) is 47.3 Å². The summed E-state index contributed by atoms with van der Waals surface area (Å²) in [5.41, 5.74) is 4.02. The lowest BCUT2D eigenvalue weighted by Crippen LogP contribution is -2.52. The van der Waals surface area contributed by atoms with Crippen molar-refractivity contribution in [2.24, 2.45) is 0 Å². The third-order valence-electron chi connectivity index (χ3n) is 8.00. The van der Waals surface area contributed by atoms with Gasteiger partial charge in [-0.1, -0.05) is 41.8 Å². The van der Waals surface area contributed by atoms with Gasteiger partial charge < -0.3 is 30.2 Å². The second-order valence-electron chi connectivity index (χ2n) is 11.3. The van der Waals surface area contributed by atoms with Crippen LogP contribution < -0.4 is 20.4 Å². The number of carbonyl (C=O) groups excluding carboxylic acids is 2. The van der Waals surface area contributed by atoms with E-state index in [9.17, 15) is 14.2 Å². The number of carbonyl (C=O) groups is 2. The van der Waals surface area contributed by atoms with E-state index in [1.54, 1.807) is 11.8 Å². The summed E-state index contributed by atoms with van der Waals surface area (Å²) < 4.78 is 10.8. The Morgan fingerprint density at radius 1 is 0.977 bits per heavy atom. The van der Waals surface area contributed by atoms with Crippen LogP contribution in [0.2, 0.25) is 10.0 Å². The van der Waals surface area contributed by atoms with Crippen molar-refractivity contribution in [2.45, 2.75) is 57.2 Å². The van der Waals surface area contributed by atoms with Gasteiger partial charge in [-0.15, -0.1) is 11.8 Å². The highest BCUT2D eigenvalue weighted by Gasteiger charge is 2.40. The molecule has 2 aromatic rings. The van der Waals surface area contributed by atoms with E-state index in [-0.39, 0.29) is 11.9 Å². The number of aryl methyl sites for hydroxylation is 1. The molecule has 1 atom stereocenters. The fraction of sp³-hybridized carbons (Fsp3) is 0.517. The van der Waals surface area contributed by atoms with Gasteiger partial charge in [-0.25, -0.2) is 4.79 Å². The third-order valence-corrected chi connectivity index (χ3v) is 10.3. The molecule has 0 spiro atoms. The Bertz CT molecular complexity index is 1380. The van der Waals surface area contributed by atoms with E-state index in [2.05, 4.69) is 38.6 Å². The second kappa shape index (κ2) is 14.4. The first-order chi connectivity index (χ1) is 20.6. The molecule has 2 aromatic carbocycles. The number of halogens is 2. The van der Waals surface area contributed by atoms with Gasteiger partial charge in [0.15, 0.2) is 0 Å². The van der Waals surface area contributed by atoms with Crippen molar-refractivity contribution in [3.63, 3.8) is 0 Å². The summed E-state index contributed by atoms with van der Waals surface area (Å²) in [7, 11) is -4.27. The summed E-state index contributed by atoms with van der Waals surface area (Å²) in [5.74, 6) is 1.63. The molecule has 0 unspecified atom stereocenters. The standard InChI is InChI=1S/C29H38Cl2N5O5PS/c30-23-15-21(24(31)14-20(23)6-2-1-5-11-32-29(38)33-18-42(39,40)41)16-34-19-43-17-27(34)28(37)36-13-12-35(22-9-10-22)25-7-3-4-8-26(25)36/h3-4,7-8,14-15,22,27H,1-2,5-6,9-13,16-19H2,(H2,32,33,38)(H2,39,40,41)/t27-/m0/s1. The van der Waals surface area contributed by atoms with Crippen molar-refractivity contribution in [3.05, 3.63) is 57.6 Å². The van der Waals surface area contributed by atoms with Crippen LogP contribution in [0.15, 0.2) is 36.4 Å². The molecule has 1 saturated heterocycles. The van der Waals surface area contributed by atoms with Crippen LogP contribution in [-0.2, 0) is 22.3 Å². The van der Waals surface area contributed by atoms with Crippen LogP contribution >= 0.6 is 42.6 Å². The van der Waals surface area contributed by atoms with E-state index in [4.69, 9.17) is 33.0 Å². The summed E-state index contributed by atoms with van der Waals surface area (Å²) in [6.07, 6.45) is 4.89. The van der Waals surface area contributed by atoms with Gasteiger partial charge >= 0.3 is 13.6 Å². The number of nitrogens with zero attached hydrogens (tertiary/aromatic N) is 3. The first-order valence-corrected chi connectivity index (χ1v) is 18.3. The van der Waals surface area contributed by atoms with E-state index in [0.717, 1.165) is 66.4 Å². The molecule has 3 aliphatic rings. The minimum atomic E-state index is -4.27. The van der Waals surface area contributed by atoms with Crippen molar-refractivity contribution in [1.82, 2.24) is 15.5 Å². The average Bonchev–Trinajstić information content (AvgIpc) is 3.72. The van der Waals surface area contributed by atoms with Crippen molar-refractivity contribution >= 4 is 65.9 Å². The highest BCUT2D eigenvalue weighted by atomic mass is 35.5. The lowest BCUT2D eigenvalue weighted by atomic mass is 10.0. The first-order valence-electron chi connectivity index (χ1n) is 14.6. The van der Waals surface area contributed by atoms with Crippen molar-refractivity contribution in [3.8, 4) is 0 Å². The normalized spacial score (nSPS) is 18.9. The molecule has 2 fully saturated rings. The first kappa shape index (κ1) is 32.4. The molecule has 2 heterocycles. The van der Waals surface area contributed by atoms with E-state index in [0.29, 0.717) is 35.7 Å². The predicted octanol–water partition coefficient (Wildman–Crippen LogP) is 5.03. The smallest absolute Gasteiger partial charge is 0.344 e. The molecule has 3 amide bonds. The van der Waals surface area contributed by atoms with Crippen molar-refractivity contribution in [1.29, 1.82) is 0 Å². The summed E-state index contributed by atoms with van der Waals surface area (Å²) in [5, 5.41) is 6.02. The van der Waals surface area contributed by atoms with E-state index in [1.165, 1.54) is 12.8 Å². The van der Waals surface area contributed by atoms with Gasteiger partial charge in [-0.3, -0.25) is 14.3 Å². The average molecular weight is 671 g/mol. The molecular formula is C29H38Cl2N5O5PS. The molecule has 0 aromatic heterocycles. The molecule has 10 nitrogen and oxygen atoms in total. The third kappa shape index (κ3) is 8.60. The van der Waals surface area contributed by atoms with E-state index < -0.39 is 19.9 Å². The SMILES string of the molecule is O=C(NCCCCCc1cc(Cl)c(CN2CSC[C@H]2C(=O)N2CCN(C3CC3)c3ccccc32)cc1Cl)NCP(=O)(O)O. The van der Waals surface area contributed by atoms with E-state index >= 15 is 0 Å². The van der Waals surface area contributed by atoms with Crippen LogP contribution in [0, 0.1) is 0 Å². The zero-order valence-electron chi connectivity index (χ0n) is 23.9. The number of urea groups is 1. The zero-order chi connectivity index (χ0) is 30.6. The van der Waals surface area contributed by atoms with Crippen LogP contribution in [0.3, 0.4) is 0 Å². The Balaban J connectivity index is 1.12. The Kier molecular flexibility index (Phi) is 10.9. The topological polar surface area (TPSA) is 125 Å². The van der Waals surface area contributed by atoms with Gasteiger partial charge in [0, 0.05) is 53.9 Å². The number of anilines is 2. The van der Waals surface area contributed by atoms with Crippen LogP contribution in [0.25, 0.3) is 0 Å². The maximum atomic E-state index is 13.9. The van der Waals surface area contributed by atoms with Crippen LogP contribution in [0.4, 0.5) is 16.2 Å². The number of para-hydroxylation sites is 2. The van der Waals surface area contributed by atoms with Crippen LogP contribution in [0.5, 0.6) is 0 Å². The molecule has 2 aliphatic heterocycles. The molecule has 4 N–H and O–H groups in total. The van der Waals surface area contributed by atoms with Crippen LogP contribution in [-0.4, -0.2) is 76.3 Å². The fourth-order valence-electron chi connectivity index (χ4n) is 5.64. The summed E-state index contributed by atoms with van der Waals surface area (Å²) in [6.45, 7) is 2.50. The quantitative estimate of drug-likeness (QED) is 0.183. The van der Waals surface area contributed by atoms with Gasteiger partial charge in [0.05, 0.1) is 17.4 Å². The monoisotopic (exact) mass is 669 g/mol. The Morgan fingerprint density at radius 3 is 2.44 bits per heavy atom. The summed E-state index contributed by atoms with van der Waals surface area (Å²) in [6, 6.07) is 11.9. The number of nitrogens with one attached hydrogen (secondary N) is 2. The lowest BCUT2D eigenvalue weighted by Gasteiger charge is -2.39. The largest absolute Gasteiger partial charge is 0.365 e. The molecule has 1 aliphatic carbocycles.